The number of carbonyl (C=O) groups excluding carboxylic acids is 1. The van der Waals surface area contributed by atoms with Gasteiger partial charge >= 0.3 is 11.6 Å². The standard InChI is InChI=1S/C19H20O8/c1-10-6-13(20)17(19(22)27-10)12(9-16(21)24-3)11-7-14(23-2)18-15(8-11)25-4-5-26-18/h6-8,12,20H,4-5,9H2,1-3H3/t12-/m1/s1. The number of fused-ring (bicyclic) bond motifs is 1. The topological polar surface area (TPSA) is 104 Å². The zero-order chi connectivity index (χ0) is 19.6. The van der Waals surface area contributed by atoms with Crippen molar-refractivity contribution in [2.45, 2.75) is 19.3 Å². The van der Waals surface area contributed by atoms with E-state index in [1.165, 1.54) is 20.3 Å². The molecule has 27 heavy (non-hydrogen) atoms. The molecule has 0 radical (unpaired) electrons. The Morgan fingerprint density at radius 2 is 1.96 bits per heavy atom. The number of ether oxygens (including phenoxy) is 4. The summed E-state index contributed by atoms with van der Waals surface area (Å²) in [6.45, 7) is 2.29. The molecule has 2 heterocycles. The molecule has 0 saturated heterocycles. The minimum absolute atomic E-state index is 0.0373. The van der Waals surface area contributed by atoms with Crippen LogP contribution in [0.1, 0.15) is 29.2 Å². The fourth-order valence-electron chi connectivity index (χ4n) is 3.06. The highest BCUT2D eigenvalue weighted by Crippen LogP contribution is 2.44. The first-order valence-corrected chi connectivity index (χ1v) is 8.32. The number of rotatable bonds is 5. The van der Waals surface area contributed by atoms with E-state index < -0.39 is 17.5 Å². The Labute approximate surface area is 155 Å². The van der Waals surface area contributed by atoms with Crippen LogP contribution in [0.15, 0.2) is 27.4 Å². The normalized spacial score (nSPS) is 13.7. The summed E-state index contributed by atoms with van der Waals surface area (Å²) in [5, 5.41) is 10.4. The molecule has 1 atom stereocenters. The minimum atomic E-state index is -0.820. The Hall–Kier alpha value is -3.16. The SMILES string of the molecule is COC(=O)C[C@H](c1cc(OC)c2c(c1)OCCO2)c1c(O)cc(C)oc1=O. The molecule has 1 aromatic carbocycles. The van der Waals surface area contributed by atoms with Gasteiger partial charge in [-0.2, -0.15) is 0 Å². The summed E-state index contributed by atoms with van der Waals surface area (Å²) < 4.78 is 26.4. The highest BCUT2D eigenvalue weighted by Gasteiger charge is 2.29. The third-order valence-corrected chi connectivity index (χ3v) is 4.29. The summed E-state index contributed by atoms with van der Waals surface area (Å²) in [6, 6.07) is 4.62. The van der Waals surface area contributed by atoms with E-state index >= 15 is 0 Å². The van der Waals surface area contributed by atoms with Crippen LogP contribution in [0.3, 0.4) is 0 Å². The van der Waals surface area contributed by atoms with Crippen molar-refractivity contribution in [3.05, 3.63) is 45.5 Å². The van der Waals surface area contributed by atoms with Gasteiger partial charge in [0.05, 0.1) is 26.2 Å². The largest absolute Gasteiger partial charge is 0.507 e. The Morgan fingerprint density at radius 3 is 2.63 bits per heavy atom. The van der Waals surface area contributed by atoms with Crippen LogP contribution in [-0.2, 0) is 9.53 Å². The molecule has 0 saturated carbocycles. The Kier molecular flexibility index (Phi) is 5.25. The van der Waals surface area contributed by atoms with Gasteiger partial charge in [0, 0.05) is 12.0 Å². The van der Waals surface area contributed by atoms with Gasteiger partial charge in [-0.05, 0) is 24.6 Å². The van der Waals surface area contributed by atoms with E-state index in [4.69, 9.17) is 23.4 Å². The van der Waals surface area contributed by atoms with Gasteiger partial charge < -0.3 is 28.5 Å². The molecule has 1 aromatic heterocycles. The monoisotopic (exact) mass is 376 g/mol. The number of methoxy groups -OCH3 is 2. The number of benzene rings is 1. The maximum atomic E-state index is 12.4. The smallest absolute Gasteiger partial charge is 0.343 e. The molecule has 144 valence electrons. The van der Waals surface area contributed by atoms with Gasteiger partial charge in [0.15, 0.2) is 11.5 Å². The van der Waals surface area contributed by atoms with Crippen LogP contribution in [0, 0.1) is 6.92 Å². The second kappa shape index (κ2) is 7.61. The van der Waals surface area contributed by atoms with E-state index in [1.807, 2.05) is 0 Å². The summed E-state index contributed by atoms with van der Waals surface area (Å²) in [7, 11) is 2.73. The number of aromatic hydroxyl groups is 1. The summed E-state index contributed by atoms with van der Waals surface area (Å²) in [5.74, 6) is -0.0874. The second-order valence-corrected chi connectivity index (χ2v) is 6.02. The molecular weight excluding hydrogens is 356 g/mol. The summed E-state index contributed by atoms with van der Waals surface area (Å²) in [5.41, 5.74) is -0.243. The molecule has 0 spiro atoms. The van der Waals surface area contributed by atoms with Crippen LogP contribution in [0.2, 0.25) is 0 Å². The van der Waals surface area contributed by atoms with Crippen molar-refractivity contribution in [1.29, 1.82) is 0 Å². The first kappa shape index (κ1) is 18.6. The van der Waals surface area contributed by atoms with Crippen molar-refractivity contribution in [3.8, 4) is 23.0 Å². The van der Waals surface area contributed by atoms with Gasteiger partial charge in [-0.3, -0.25) is 4.79 Å². The van der Waals surface area contributed by atoms with Crippen LogP contribution in [0.25, 0.3) is 0 Å². The molecular formula is C19H20O8. The van der Waals surface area contributed by atoms with Crippen LogP contribution in [0.4, 0.5) is 0 Å². The minimum Gasteiger partial charge on any atom is -0.507 e. The second-order valence-electron chi connectivity index (χ2n) is 6.02. The molecule has 3 rings (SSSR count). The average molecular weight is 376 g/mol. The van der Waals surface area contributed by atoms with E-state index in [0.717, 1.165) is 0 Å². The molecule has 0 bridgehead atoms. The van der Waals surface area contributed by atoms with Gasteiger partial charge in [-0.15, -0.1) is 0 Å². The molecule has 0 fully saturated rings. The van der Waals surface area contributed by atoms with E-state index in [0.29, 0.717) is 36.0 Å². The van der Waals surface area contributed by atoms with Gasteiger partial charge in [-0.25, -0.2) is 4.79 Å². The van der Waals surface area contributed by atoms with Crippen molar-refractivity contribution in [2.75, 3.05) is 27.4 Å². The molecule has 8 heteroatoms. The first-order chi connectivity index (χ1) is 12.9. The van der Waals surface area contributed by atoms with Crippen molar-refractivity contribution >= 4 is 5.97 Å². The lowest BCUT2D eigenvalue weighted by atomic mass is 9.88. The summed E-state index contributed by atoms with van der Waals surface area (Å²) in [4.78, 5) is 24.4. The Balaban J connectivity index is 2.18. The van der Waals surface area contributed by atoms with Gasteiger partial charge in [0.25, 0.3) is 0 Å². The van der Waals surface area contributed by atoms with Crippen molar-refractivity contribution in [2.24, 2.45) is 0 Å². The number of hydrogen-bond acceptors (Lipinski definition) is 8. The molecule has 1 aliphatic rings. The van der Waals surface area contributed by atoms with E-state index in [9.17, 15) is 14.7 Å². The maximum absolute atomic E-state index is 12.4. The van der Waals surface area contributed by atoms with Crippen LogP contribution >= 0.6 is 0 Å². The Bertz CT molecular complexity index is 897. The third-order valence-electron chi connectivity index (χ3n) is 4.29. The fourth-order valence-corrected chi connectivity index (χ4v) is 3.06. The molecule has 8 nitrogen and oxygen atoms in total. The zero-order valence-corrected chi connectivity index (χ0v) is 15.2. The predicted octanol–water partition coefficient (Wildman–Crippen LogP) is 2.13. The van der Waals surface area contributed by atoms with Crippen LogP contribution < -0.4 is 19.8 Å². The molecule has 1 aliphatic heterocycles. The zero-order valence-electron chi connectivity index (χ0n) is 15.2. The van der Waals surface area contributed by atoms with E-state index in [2.05, 4.69) is 0 Å². The van der Waals surface area contributed by atoms with Crippen LogP contribution in [0.5, 0.6) is 23.0 Å². The molecule has 2 aromatic rings. The highest BCUT2D eigenvalue weighted by molar-refractivity contribution is 5.72. The average Bonchev–Trinajstić information content (AvgIpc) is 2.65. The van der Waals surface area contributed by atoms with E-state index in [-0.39, 0.29) is 23.5 Å². The maximum Gasteiger partial charge on any atom is 0.343 e. The number of esters is 1. The van der Waals surface area contributed by atoms with Gasteiger partial charge in [0.2, 0.25) is 5.75 Å². The van der Waals surface area contributed by atoms with Gasteiger partial charge in [-0.1, -0.05) is 0 Å². The number of aryl methyl sites for hydroxylation is 1. The lowest BCUT2D eigenvalue weighted by molar-refractivity contribution is -0.140. The molecule has 0 amide bonds. The predicted molar refractivity (Wildman–Crippen MR) is 93.8 cm³/mol. The van der Waals surface area contributed by atoms with Crippen molar-refractivity contribution in [3.63, 3.8) is 0 Å². The molecule has 0 unspecified atom stereocenters. The quantitative estimate of drug-likeness (QED) is 0.792. The van der Waals surface area contributed by atoms with Crippen molar-refractivity contribution < 1.29 is 33.3 Å². The van der Waals surface area contributed by atoms with Crippen molar-refractivity contribution in [1.82, 2.24) is 0 Å². The van der Waals surface area contributed by atoms with E-state index in [1.54, 1.807) is 19.1 Å². The van der Waals surface area contributed by atoms with Crippen LogP contribution in [-0.4, -0.2) is 38.5 Å². The fraction of sp³-hybridized carbons (Fsp3) is 0.368. The lowest BCUT2D eigenvalue weighted by Crippen LogP contribution is -2.20. The molecule has 1 N–H and O–H groups in total. The summed E-state index contributed by atoms with van der Waals surface area (Å²) >= 11 is 0. The first-order valence-electron chi connectivity index (χ1n) is 8.32. The highest BCUT2D eigenvalue weighted by atomic mass is 16.6. The van der Waals surface area contributed by atoms with Gasteiger partial charge in [0.1, 0.15) is 24.7 Å². The lowest BCUT2D eigenvalue weighted by Gasteiger charge is -2.24. The Morgan fingerprint density at radius 1 is 1.22 bits per heavy atom. The summed E-state index contributed by atoms with van der Waals surface area (Å²) in [6.07, 6.45) is -0.180. The third kappa shape index (κ3) is 3.69. The molecule has 0 aliphatic carbocycles. The number of carbonyl (C=O) groups is 1. The number of hydrogen-bond donors (Lipinski definition) is 1.